The van der Waals surface area contributed by atoms with Gasteiger partial charge < -0.3 is 0 Å². The van der Waals surface area contributed by atoms with Crippen molar-refractivity contribution in [1.29, 1.82) is 0 Å². The molecule has 1 rings (SSSR count). The highest BCUT2D eigenvalue weighted by molar-refractivity contribution is 7.89. The van der Waals surface area contributed by atoms with Gasteiger partial charge in [0.2, 0.25) is 10.0 Å². The Morgan fingerprint density at radius 3 is 2.00 bits per heavy atom. The summed E-state index contributed by atoms with van der Waals surface area (Å²) < 4.78 is 29.3. The minimum Gasteiger partial charge on any atom is -0.271 e. The van der Waals surface area contributed by atoms with E-state index in [0.29, 0.717) is 40.6 Å². The summed E-state index contributed by atoms with van der Waals surface area (Å²) in [4.78, 5) is 0.311. The summed E-state index contributed by atoms with van der Waals surface area (Å²) in [5.74, 6) is 1.20. The summed E-state index contributed by atoms with van der Waals surface area (Å²) in [6.45, 7) is 12.5. The average molecular weight is 301 g/mol. The second kappa shape index (κ2) is 6.26. The lowest BCUT2D eigenvalue weighted by Gasteiger charge is -2.25. The molecule has 1 N–H and O–H groups in total. The topological polar surface area (TPSA) is 64.0 Å². The molecule has 0 aromatic carbocycles. The predicted molar refractivity (Wildman–Crippen MR) is 81.0 cm³/mol. The van der Waals surface area contributed by atoms with Crippen molar-refractivity contribution in [1.82, 2.24) is 14.5 Å². The molecule has 5 nitrogen and oxygen atoms in total. The first-order chi connectivity index (χ1) is 9.08. The fourth-order valence-corrected chi connectivity index (χ4v) is 4.17. The Bertz CT molecular complexity index is 551. The van der Waals surface area contributed by atoms with Gasteiger partial charge in [-0.2, -0.15) is 5.10 Å². The fourth-order valence-electron chi connectivity index (χ4n) is 2.66. The van der Waals surface area contributed by atoms with E-state index in [-0.39, 0.29) is 0 Å². The zero-order valence-corrected chi connectivity index (χ0v) is 14.4. The van der Waals surface area contributed by atoms with Crippen LogP contribution in [0.3, 0.4) is 0 Å². The van der Waals surface area contributed by atoms with E-state index in [1.807, 2.05) is 0 Å². The molecule has 20 heavy (non-hydrogen) atoms. The monoisotopic (exact) mass is 301 g/mol. The Kier molecular flexibility index (Phi) is 5.38. The average Bonchev–Trinajstić information content (AvgIpc) is 2.52. The van der Waals surface area contributed by atoms with E-state index in [1.165, 1.54) is 0 Å². The third-order valence-electron chi connectivity index (χ3n) is 3.93. The largest absolute Gasteiger partial charge is 0.271 e. The van der Waals surface area contributed by atoms with E-state index in [9.17, 15) is 8.42 Å². The van der Waals surface area contributed by atoms with Crippen LogP contribution in [0.2, 0.25) is 0 Å². The maximum atomic E-state index is 12.5. The number of nitrogens with zero attached hydrogens (tertiary/aromatic N) is 2. The molecule has 0 spiro atoms. The van der Waals surface area contributed by atoms with Gasteiger partial charge in [0.15, 0.2) is 0 Å². The molecular weight excluding hydrogens is 274 g/mol. The molecule has 0 fully saturated rings. The Labute approximate surface area is 122 Å². The van der Waals surface area contributed by atoms with Crippen molar-refractivity contribution in [3.63, 3.8) is 0 Å². The van der Waals surface area contributed by atoms with Gasteiger partial charge in [0.25, 0.3) is 0 Å². The van der Waals surface area contributed by atoms with Crippen molar-refractivity contribution >= 4 is 10.0 Å². The maximum absolute atomic E-state index is 12.5. The molecule has 0 radical (unpaired) electrons. The highest BCUT2D eigenvalue weighted by Gasteiger charge is 2.26. The van der Waals surface area contributed by atoms with Crippen molar-refractivity contribution < 1.29 is 8.42 Å². The summed E-state index contributed by atoms with van der Waals surface area (Å²) >= 11 is 0. The lowest BCUT2D eigenvalue weighted by molar-refractivity contribution is 0.289. The molecule has 0 aliphatic rings. The molecule has 0 saturated heterocycles. The zero-order chi connectivity index (χ0) is 15.7. The number of sulfonamides is 1. The van der Waals surface area contributed by atoms with E-state index < -0.39 is 10.0 Å². The first kappa shape index (κ1) is 17.2. The van der Waals surface area contributed by atoms with Crippen LogP contribution in [0.25, 0.3) is 0 Å². The Morgan fingerprint density at radius 2 is 1.65 bits per heavy atom. The Balaban J connectivity index is 2.96. The number of rotatable bonds is 6. The van der Waals surface area contributed by atoms with Crippen molar-refractivity contribution in [2.24, 2.45) is 24.8 Å². The van der Waals surface area contributed by atoms with Gasteiger partial charge >= 0.3 is 0 Å². The molecular formula is C14H27N3O2S. The quantitative estimate of drug-likeness (QED) is 0.876. The molecule has 0 amide bonds. The van der Waals surface area contributed by atoms with Gasteiger partial charge in [0, 0.05) is 13.6 Å². The fraction of sp³-hybridized carbons (Fsp3) is 0.786. The van der Waals surface area contributed by atoms with E-state index in [1.54, 1.807) is 25.6 Å². The van der Waals surface area contributed by atoms with Crippen LogP contribution in [0.4, 0.5) is 0 Å². The molecule has 0 unspecified atom stereocenters. The maximum Gasteiger partial charge on any atom is 0.244 e. The lowest BCUT2D eigenvalue weighted by Crippen LogP contribution is -2.34. The number of hydrogen-bond donors (Lipinski definition) is 1. The Morgan fingerprint density at radius 1 is 1.15 bits per heavy atom. The van der Waals surface area contributed by atoms with Crippen LogP contribution in [-0.4, -0.2) is 24.7 Å². The number of aryl methyl sites for hydroxylation is 2. The Hall–Kier alpha value is -0.880. The first-order valence-electron chi connectivity index (χ1n) is 7.07. The van der Waals surface area contributed by atoms with Gasteiger partial charge in [-0.3, -0.25) is 4.68 Å². The molecule has 0 saturated carbocycles. The summed E-state index contributed by atoms with van der Waals surface area (Å²) in [6, 6.07) is 0. The standard InChI is InChI=1S/C14H27N3O2S/c1-9(2)13(10(3)4)8-15-20(18,19)14-11(5)16-17(7)12(14)6/h9-10,13,15H,8H2,1-7H3. The van der Waals surface area contributed by atoms with Crippen LogP contribution >= 0.6 is 0 Å². The van der Waals surface area contributed by atoms with Crippen molar-refractivity contribution in [2.45, 2.75) is 46.4 Å². The highest BCUT2D eigenvalue weighted by Crippen LogP contribution is 2.22. The van der Waals surface area contributed by atoms with Crippen LogP contribution in [-0.2, 0) is 17.1 Å². The summed E-state index contributed by atoms with van der Waals surface area (Å²) in [7, 11) is -1.74. The normalized spacial score (nSPS) is 12.9. The van der Waals surface area contributed by atoms with Crippen LogP contribution in [0.15, 0.2) is 4.90 Å². The van der Waals surface area contributed by atoms with Crippen molar-refractivity contribution in [3.8, 4) is 0 Å². The van der Waals surface area contributed by atoms with Gasteiger partial charge in [-0.05, 0) is 31.6 Å². The van der Waals surface area contributed by atoms with Crippen LogP contribution in [0.1, 0.15) is 39.1 Å². The zero-order valence-electron chi connectivity index (χ0n) is 13.6. The van der Waals surface area contributed by atoms with Crippen LogP contribution in [0.5, 0.6) is 0 Å². The summed E-state index contributed by atoms with van der Waals surface area (Å²) in [5, 5.41) is 4.17. The number of hydrogen-bond acceptors (Lipinski definition) is 3. The van der Waals surface area contributed by atoms with Gasteiger partial charge in [-0.25, -0.2) is 13.1 Å². The third kappa shape index (κ3) is 3.61. The van der Waals surface area contributed by atoms with E-state index in [2.05, 4.69) is 37.5 Å². The molecule has 0 aliphatic heterocycles. The summed E-state index contributed by atoms with van der Waals surface area (Å²) in [6.07, 6.45) is 0. The molecule has 0 aliphatic carbocycles. The summed E-state index contributed by atoms with van der Waals surface area (Å²) in [5.41, 5.74) is 1.21. The SMILES string of the molecule is Cc1nn(C)c(C)c1S(=O)(=O)NCC(C(C)C)C(C)C. The molecule has 6 heteroatoms. The molecule has 1 aromatic heterocycles. The molecule has 1 heterocycles. The minimum atomic E-state index is -3.50. The van der Waals surface area contributed by atoms with Crippen molar-refractivity contribution in [2.75, 3.05) is 6.54 Å². The molecule has 0 atom stereocenters. The first-order valence-corrected chi connectivity index (χ1v) is 8.56. The van der Waals surface area contributed by atoms with Crippen molar-refractivity contribution in [3.05, 3.63) is 11.4 Å². The van der Waals surface area contributed by atoms with Crippen LogP contribution in [0, 0.1) is 31.6 Å². The molecule has 0 bridgehead atoms. The van der Waals surface area contributed by atoms with E-state index in [4.69, 9.17) is 0 Å². The second-order valence-corrected chi connectivity index (χ2v) is 7.83. The molecule has 116 valence electrons. The second-order valence-electron chi connectivity index (χ2n) is 6.13. The van der Waals surface area contributed by atoms with Gasteiger partial charge in [-0.15, -0.1) is 0 Å². The molecule has 1 aromatic rings. The number of aromatic nitrogens is 2. The van der Waals surface area contributed by atoms with Gasteiger partial charge in [0.1, 0.15) is 4.90 Å². The number of nitrogens with one attached hydrogen (secondary N) is 1. The smallest absolute Gasteiger partial charge is 0.244 e. The van der Waals surface area contributed by atoms with E-state index >= 15 is 0 Å². The highest BCUT2D eigenvalue weighted by atomic mass is 32.2. The lowest BCUT2D eigenvalue weighted by atomic mass is 9.86. The van der Waals surface area contributed by atoms with Gasteiger partial charge in [-0.1, -0.05) is 27.7 Å². The van der Waals surface area contributed by atoms with Gasteiger partial charge in [0.05, 0.1) is 11.4 Å². The third-order valence-corrected chi connectivity index (χ3v) is 5.61. The predicted octanol–water partition coefficient (Wildman–Crippen LogP) is 2.24. The minimum absolute atomic E-state index is 0.311. The van der Waals surface area contributed by atoms with Crippen LogP contribution < -0.4 is 4.72 Å². The van der Waals surface area contributed by atoms with E-state index in [0.717, 1.165) is 0 Å².